The molecule has 21 heavy (non-hydrogen) atoms. The monoisotopic (exact) mass is 332 g/mol. The molecule has 0 aromatic carbocycles. The van der Waals surface area contributed by atoms with E-state index >= 15 is 0 Å². The molecule has 2 N–H and O–H groups in total. The van der Waals surface area contributed by atoms with E-state index < -0.39 is 10.0 Å². The summed E-state index contributed by atoms with van der Waals surface area (Å²) in [6.07, 6.45) is 3.27. The number of rotatable bonds is 11. The van der Waals surface area contributed by atoms with Crippen LogP contribution in [0.4, 0.5) is 0 Å². The maximum Gasteiger partial charge on any atom is 0.250 e. The van der Waals surface area contributed by atoms with Crippen molar-refractivity contribution >= 4 is 21.4 Å². The minimum absolute atomic E-state index is 0.384. The summed E-state index contributed by atoms with van der Waals surface area (Å²) >= 11 is 1.32. The van der Waals surface area contributed by atoms with E-state index in [0.29, 0.717) is 30.3 Å². The van der Waals surface area contributed by atoms with Crippen molar-refractivity contribution in [3.8, 4) is 0 Å². The Balaban J connectivity index is 1.68. The summed E-state index contributed by atoms with van der Waals surface area (Å²) in [5, 5.41) is 3.19. The van der Waals surface area contributed by atoms with Crippen LogP contribution in [0.2, 0.25) is 0 Å². The second-order valence-corrected chi connectivity index (χ2v) is 8.43. The van der Waals surface area contributed by atoms with Gasteiger partial charge >= 0.3 is 0 Å². The van der Waals surface area contributed by atoms with Gasteiger partial charge in [-0.05, 0) is 43.9 Å². The first-order chi connectivity index (χ1) is 10.1. The number of hydrogen-bond donors (Lipinski definition) is 2. The Morgan fingerprint density at radius 3 is 2.90 bits per heavy atom. The molecule has 0 bridgehead atoms. The quantitative estimate of drug-likeness (QED) is 0.608. The van der Waals surface area contributed by atoms with E-state index in [1.54, 1.807) is 6.07 Å². The molecular weight excluding hydrogens is 308 g/mol. The zero-order valence-corrected chi connectivity index (χ0v) is 14.1. The predicted molar refractivity (Wildman–Crippen MR) is 85.0 cm³/mol. The van der Waals surface area contributed by atoms with Crippen LogP contribution < -0.4 is 10.0 Å². The Morgan fingerprint density at radius 1 is 1.38 bits per heavy atom. The van der Waals surface area contributed by atoms with Gasteiger partial charge in [-0.1, -0.05) is 6.92 Å². The molecule has 5 nitrogen and oxygen atoms in total. The first-order valence-corrected chi connectivity index (χ1v) is 9.78. The summed E-state index contributed by atoms with van der Waals surface area (Å²) in [6.45, 7) is 5.48. The number of thiophene rings is 1. The lowest BCUT2D eigenvalue weighted by Gasteiger charge is -2.05. The van der Waals surface area contributed by atoms with Gasteiger partial charge in [-0.15, -0.1) is 11.3 Å². The van der Waals surface area contributed by atoms with Crippen LogP contribution in [0, 0.1) is 5.92 Å². The van der Waals surface area contributed by atoms with Crippen LogP contribution in [0.15, 0.2) is 16.3 Å². The average molecular weight is 332 g/mol. The zero-order valence-electron chi connectivity index (χ0n) is 12.4. The van der Waals surface area contributed by atoms with Crippen LogP contribution in [0.1, 0.15) is 31.1 Å². The summed E-state index contributed by atoms with van der Waals surface area (Å²) in [4.78, 5) is 1.03. The Kier molecular flexibility index (Phi) is 6.63. The molecule has 1 heterocycles. The van der Waals surface area contributed by atoms with Gasteiger partial charge in [0.25, 0.3) is 0 Å². The van der Waals surface area contributed by atoms with Crippen molar-refractivity contribution < 1.29 is 13.2 Å². The van der Waals surface area contributed by atoms with Gasteiger partial charge in [0.05, 0.1) is 0 Å². The maximum absolute atomic E-state index is 12.1. The second kappa shape index (κ2) is 8.24. The van der Waals surface area contributed by atoms with Crippen molar-refractivity contribution in [3.05, 3.63) is 17.0 Å². The van der Waals surface area contributed by atoms with Crippen LogP contribution in [0.25, 0.3) is 0 Å². The van der Waals surface area contributed by atoms with Gasteiger partial charge in [0, 0.05) is 31.2 Å². The average Bonchev–Trinajstić information content (AvgIpc) is 3.15. The van der Waals surface area contributed by atoms with E-state index in [9.17, 15) is 8.42 Å². The number of hydrogen-bond acceptors (Lipinski definition) is 5. The molecule has 1 aromatic heterocycles. The van der Waals surface area contributed by atoms with Crippen molar-refractivity contribution in [2.75, 3.05) is 26.3 Å². The van der Waals surface area contributed by atoms with E-state index in [1.165, 1.54) is 24.2 Å². The van der Waals surface area contributed by atoms with Crippen molar-refractivity contribution in [3.63, 3.8) is 0 Å². The lowest BCUT2D eigenvalue weighted by molar-refractivity contribution is 0.123. The first-order valence-electron chi connectivity index (χ1n) is 7.48. The van der Waals surface area contributed by atoms with Crippen LogP contribution in [-0.4, -0.2) is 34.7 Å². The highest BCUT2D eigenvalue weighted by Gasteiger charge is 2.21. The fraction of sp³-hybridized carbons (Fsp3) is 0.714. The molecule has 0 spiro atoms. The summed E-state index contributed by atoms with van der Waals surface area (Å²) in [6, 6.07) is 3.53. The molecule has 1 fully saturated rings. The van der Waals surface area contributed by atoms with Gasteiger partial charge in [-0.2, -0.15) is 0 Å². The van der Waals surface area contributed by atoms with Crippen LogP contribution in [-0.2, 0) is 21.3 Å². The van der Waals surface area contributed by atoms with Crippen molar-refractivity contribution in [2.24, 2.45) is 5.92 Å². The third-order valence-corrected chi connectivity index (χ3v) is 6.30. The van der Waals surface area contributed by atoms with E-state index in [4.69, 9.17) is 4.74 Å². The number of sulfonamides is 1. The third kappa shape index (κ3) is 6.04. The highest BCUT2D eigenvalue weighted by atomic mass is 32.2. The van der Waals surface area contributed by atoms with E-state index in [1.807, 2.05) is 13.0 Å². The molecule has 1 aromatic rings. The molecule has 0 saturated heterocycles. The third-order valence-electron chi connectivity index (χ3n) is 3.26. The SMILES string of the molecule is CCNCc1ccc(S(=O)(=O)NCCCOCC2CC2)s1. The molecule has 0 aliphatic heterocycles. The summed E-state index contributed by atoms with van der Waals surface area (Å²) in [7, 11) is -3.37. The normalized spacial score (nSPS) is 15.5. The molecule has 1 aliphatic rings. The smallest absolute Gasteiger partial charge is 0.250 e. The first kappa shape index (κ1) is 16.9. The summed E-state index contributed by atoms with van der Waals surface area (Å²) < 4.78 is 32.7. The van der Waals surface area contributed by atoms with E-state index in [0.717, 1.165) is 23.9 Å². The number of ether oxygens (including phenoxy) is 1. The van der Waals surface area contributed by atoms with Gasteiger partial charge in [-0.3, -0.25) is 0 Å². The number of nitrogens with one attached hydrogen (secondary N) is 2. The van der Waals surface area contributed by atoms with E-state index in [-0.39, 0.29) is 0 Å². The van der Waals surface area contributed by atoms with Crippen molar-refractivity contribution in [1.29, 1.82) is 0 Å². The molecule has 0 atom stereocenters. The lowest BCUT2D eigenvalue weighted by Crippen LogP contribution is -2.25. The Morgan fingerprint density at radius 2 is 2.19 bits per heavy atom. The standard InChI is InChI=1S/C14H24N2O3S2/c1-2-15-10-13-6-7-14(20-13)21(17,18)16-8-3-9-19-11-12-4-5-12/h6-7,12,15-16H,2-5,8-11H2,1H3. The lowest BCUT2D eigenvalue weighted by atomic mass is 10.4. The molecule has 120 valence electrons. The minimum Gasteiger partial charge on any atom is -0.381 e. The minimum atomic E-state index is -3.37. The molecular formula is C14H24N2O3S2. The molecule has 0 radical (unpaired) electrons. The van der Waals surface area contributed by atoms with E-state index in [2.05, 4.69) is 10.0 Å². The van der Waals surface area contributed by atoms with Gasteiger partial charge in [0.1, 0.15) is 4.21 Å². The summed E-state index contributed by atoms with van der Waals surface area (Å²) in [5.74, 6) is 0.753. The second-order valence-electron chi connectivity index (χ2n) is 5.27. The van der Waals surface area contributed by atoms with Crippen LogP contribution in [0.3, 0.4) is 0 Å². The molecule has 1 aliphatic carbocycles. The van der Waals surface area contributed by atoms with Gasteiger partial charge in [0.15, 0.2) is 0 Å². The van der Waals surface area contributed by atoms with Gasteiger partial charge in [0.2, 0.25) is 10.0 Å². The highest BCUT2D eigenvalue weighted by Crippen LogP contribution is 2.28. The molecule has 0 amide bonds. The van der Waals surface area contributed by atoms with Crippen molar-refractivity contribution in [2.45, 2.75) is 36.9 Å². The molecule has 0 unspecified atom stereocenters. The van der Waals surface area contributed by atoms with Crippen LogP contribution >= 0.6 is 11.3 Å². The topological polar surface area (TPSA) is 67.4 Å². The van der Waals surface area contributed by atoms with Crippen molar-refractivity contribution in [1.82, 2.24) is 10.0 Å². The fourth-order valence-corrected chi connectivity index (χ4v) is 4.28. The highest BCUT2D eigenvalue weighted by molar-refractivity contribution is 7.91. The Labute approximate surface area is 131 Å². The fourth-order valence-electron chi connectivity index (χ4n) is 1.83. The molecule has 7 heteroatoms. The molecule has 1 saturated carbocycles. The van der Waals surface area contributed by atoms with Gasteiger partial charge in [-0.25, -0.2) is 13.1 Å². The zero-order chi connectivity index (χ0) is 15.1. The summed E-state index contributed by atoms with van der Waals surface area (Å²) in [5.41, 5.74) is 0. The molecule has 2 rings (SSSR count). The predicted octanol–water partition coefficient (Wildman–Crippen LogP) is 1.95. The van der Waals surface area contributed by atoms with Crippen LogP contribution in [0.5, 0.6) is 0 Å². The van der Waals surface area contributed by atoms with Gasteiger partial charge < -0.3 is 10.1 Å². The Bertz CT molecular complexity index is 524. The largest absolute Gasteiger partial charge is 0.381 e. The maximum atomic E-state index is 12.1. The Hall–Kier alpha value is -0.470.